The SMILES string of the molecule is CCN(CC)C(=O)c1c(C)nc(N)nc1COc1ccc(C(C)(C)C)cc1C(C)(C)C. The van der Waals surface area contributed by atoms with E-state index in [0.717, 1.165) is 11.3 Å². The first-order valence-corrected chi connectivity index (χ1v) is 11.0. The number of amides is 1. The van der Waals surface area contributed by atoms with E-state index in [4.69, 9.17) is 10.5 Å². The van der Waals surface area contributed by atoms with Gasteiger partial charge in [-0.15, -0.1) is 0 Å². The molecule has 0 unspecified atom stereocenters. The Morgan fingerprint density at radius 2 is 1.65 bits per heavy atom. The number of benzene rings is 1. The molecule has 2 aromatic rings. The second-order valence-corrected chi connectivity index (χ2v) is 9.97. The zero-order valence-corrected chi connectivity index (χ0v) is 20.6. The standard InChI is InChI=1S/C25H38N4O2/c1-10-29(11-2)22(30)21-16(3)27-23(26)28-19(21)15-31-20-13-12-17(24(4,5)6)14-18(20)25(7,8)9/h12-14H,10-11,15H2,1-9H3,(H2,26,27,28). The topological polar surface area (TPSA) is 81.3 Å². The summed E-state index contributed by atoms with van der Waals surface area (Å²) >= 11 is 0. The third kappa shape index (κ3) is 5.75. The van der Waals surface area contributed by atoms with E-state index in [0.29, 0.717) is 30.0 Å². The minimum Gasteiger partial charge on any atom is -0.487 e. The van der Waals surface area contributed by atoms with Crippen LogP contribution in [0.15, 0.2) is 18.2 Å². The van der Waals surface area contributed by atoms with E-state index in [9.17, 15) is 4.79 Å². The first-order valence-electron chi connectivity index (χ1n) is 11.0. The lowest BCUT2D eigenvalue weighted by molar-refractivity contribution is 0.0768. The van der Waals surface area contributed by atoms with Crippen molar-refractivity contribution in [3.63, 3.8) is 0 Å². The summed E-state index contributed by atoms with van der Waals surface area (Å²) in [5.74, 6) is 0.836. The van der Waals surface area contributed by atoms with Gasteiger partial charge in [0.1, 0.15) is 12.4 Å². The van der Waals surface area contributed by atoms with Crippen LogP contribution in [0.2, 0.25) is 0 Å². The number of ether oxygens (including phenoxy) is 1. The van der Waals surface area contributed by atoms with Gasteiger partial charge in [0.05, 0.1) is 17.0 Å². The monoisotopic (exact) mass is 426 g/mol. The highest BCUT2D eigenvalue weighted by molar-refractivity contribution is 5.96. The predicted molar refractivity (Wildman–Crippen MR) is 127 cm³/mol. The molecule has 170 valence electrons. The van der Waals surface area contributed by atoms with Crippen LogP contribution in [0.1, 0.15) is 88.3 Å². The fourth-order valence-corrected chi connectivity index (χ4v) is 3.56. The van der Waals surface area contributed by atoms with E-state index in [1.165, 1.54) is 5.56 Å². The average Bonchev–Trinajstić information content (AvgIpc) is 2.65. The smallest absolute Gasteiger partial charge is 0.257 e. The van der Waals surface area contributed by atoms with Gasteiger partial charge < -0.3 is 15.4 Å². The third-order valence-electron chi connectivity index (χ3n) is 5.46. The van der Waals surface area contributed by atoms with Gasteiger partial charge in [0, 0.05) is 13.1 Å². The van der Waals surface area contributed by atoms with Gasteiger partial charge in [-0.1, -0.05) is 53.7 Å². The van der Waals surface area contributed by atoms with Gasteiger partial charge in [-0.25, -0.2) is 9.97 Å². The number of nitrogens with two attached hydrogens (primary N) is 1. The number of nitrogen functional groups attached to an aromatic ring is 1. The van der Waals surface area contributed by atoms with Crippen LogP contribution in [0.3, 0.4) is 0 Å². The zero-order chi connectivity index (χ0) is 23.6. The van der Waals surface area contributed by atoms with E-state index in [2.05, 4.69) is 63.6 Å². The average molecular weight is 427 g/mol. The molecule has 1 aromatic carbocycles. The second-order valence-electron chi connectivity index (χ2n) is 9.97. The molecule has 0 radical (unpaired) electrons. The fourth-order valence-electron chi connectivity index (χ4n) is 3.56. The molecule has 1 amide bonds. The summed E-state index contributed by atoms with van der Waals surface area (Å²) in [5.41, 5.74) is 9.78. The zero-order valence-electron chi connectivity index (χ0n) is 20.6. The van der Waals surface area contributed by atoms with Gasteiger partial charge in [0.25, 0.3) is 5.91 Å². The molecule has 6 nitrogen and oxygen atoms in total. The summed E-state index contributed by atoms with van der Waals surface area (Å²) in [4.78, 5) is 23.4. The number of carbonyl (C=O) groups is 1. The Morgan fingerprint density at radius 1 is 1.03 bits per heavy atom. The molecule has 31 heavy (non-hydrogen) atoms. The van der Waals surface area contributed by atoms with E-state index in [1.807, 2.05) is 19.9 Å². The maximum Gasteiger partial charge on any atom is 0.257 e. The Labute approximate surface area is 187 Å². The Balaban J connectivity index is 2.46. The predicted octanol–water partition coefficient (Wildman–Crippen LogP) is 5.02. The minimum absolute atomic E-state index is 0.0418. The van der Waals surface area contributed by atoms with Crippen LogP contribution in [-0.2, 0) is 17.4 Å². The van der Waals surface area contributed by atoms with Crippen molar-refractivity contribution in [1.82, 2.24) is 14.9 Å². The van der Waals surface area contributed by atoms with Crippen LogP contribution in [0.25, 0.3) is 0 Å². The molecule has 6 heteroatoms. The first kappa shape index (κ1) is 24.6. The molecule has 0 bridgehead atoms. The fraction of sp³-hybridized carbons (Fsp3) is 0.560. The number of carbonyl (C=O) groups excluding carboxylic acids is 1. The largest absolute Gasteiger partial charge is 0.487 e. The van der Waals surface area contributed by atoms with Crippen molar-refractivity contribution in [2.75, 3.05) is 18.8 Å². The maximum absolute atomic E-state index is 13.1. The number of hydrogen-bond acceptors (Lipinski definition) is 5. The Bertz CT molecular complexity index is 936. The van der Waals surface area contributed by atoms with E-state index >= 15 is 0 Å². The summed E-state index contributed by atoms with van der Waals surface area (Å²) in [6.45, 7) is 20.2. The van der Waals surface area contributed by atoms with Crippen LogP contribution < -0.4 is 10.5 Å². The second kappa shape index (κ2) is 9.25. The lowest BCUT2D eigenvalue weighted by Gasteiger charge is -2.27. The highest BCUT2D eigenvalue weighted by Crippen LogP contribution is 2.36. The molecular weight excluding hydrogens is 388 g/mol. The van der Waals surface area contributed by atoms with Crippen LogP contribution in [0.5, 0.6) is 5.75 Å². The number of hydrogen-bond donors (Lipinski definition) is 1. The van der Waals surface area contributed by atoms with Crippen LogP contribution in [0.4, 0.5) is 5.95 Å². The van der Waals surface area contributed by atoms with Crippen molar-refractivity contribution in [2.24, 2.45) is 0 Å². The number of aryl methyl sites for hydroxylation is 1. The number of rotatable bonds is 6. The Morgan fingerprint density at radius 3 is 2.16 bits per heavy atom. The molecule has 0 atom stereocenters. The molecule has 0 spiro atoms. The molecule has 0 fully saturated rings. The molecule has 2 N–H and O–H groups in total. The molecule has 2 rings (SSSR count). The number of nitrogens with zero attached hydrogens (tertiary/aromatic N) is 3. The van der Waals surface area contributed by atoms with Crippen LogP contribution in [0, 0.1) is 6.92 Å². The van der Waals surface area contributed by atoms with Gasteiger partial charge in [-0.2, -0.15) is 0 Å². The van der Waals surface area contributed by atoms with E-state index in [-0.39, 0.29) is 29.3 Å². The molecule has 0 saturated heterocycles. The lowest BCUT2D eigenvalue weighted by atomic mass is 9.80. The highest BCUT2D eigenvalue weighted by Gasteiger charge is 2.25. The van der Waals surface area contributed by atoms with Gasteiger partial charge in [-0.3, -0.25) is 4.79 Å². The van der Waals surface area contributed by atoms with Crippen molar-refractivity contribution in [3.05, 3.63) is 46.3 Å². The summed E-state index contributed by atoms with van der Waals surface area (Å²) in [5, 5.41) is 0. The van der Waals surface area contributed by atoms with Crippen molar-refractivity contribution in [1.29, 1.82) is 0 Å². The van der Waals surface area contributed by atoms with Crippen molar-refractivity contribution < 1.29 is 9.53 Å². The number of anilines is 1. The maximum atomic E-state index is 13.1. The summed E-state index contributed by atoms with van der Waals surface area (Å²) < 4.78 is 6.25. The highest BCUT2D eigenvalue weighted by atomic mass is 16.5. The summed E-state index contributed by atoms with van der Waals surface area (Å²) in [7, 11) is 0. The summed E-state index contributed by atoms with van der Waals surface area (Å²) in [6.07, 6.45) is 0. The molecule has 1 heterocycles. The molecule has 0 aliphatic rings. The quantitative estimate of drug-likeness (QED) is 0.701. The van der Waals surface area contributed by atoms with E-state index in [1.54, 1.807) is 11.8 Å². The number of aromatic nitrogens is 2. The Kier molecular flexibility index (Phi) is 7.35. The van der Waals surface area contributed by atoms with E-state index < -0.39 is 0 Å². The van der Waals surface area contributed by atoms with Gasteiger partial charge in [0.2, 0.25) is 5.95 Å². The van der Waals surface area contributed by atoms with Crippen molar-refractivity contribution in [2.45, 2.75) is 79.8 Å². The lowest BCUT2D eigenvalue weighted by Crippen LogP contribution is -2.32. The molecular formula is C25H38N4O2. The Hall–Kier alpha value is -2.63. The van der Waals surface area contributed by atoms with Gasteiger partial charge in [-0.05, 0) is 48.8 Å². The van der Waals surface area contributed by atoms with Crippen molar-refractivity contribution >= 4 is 11.9 Å². The summed E-state index contributed by atoms with van der Waals surface area (Å²) in [6, 6.07) is 6.34. The molecule has 0 aliphatic carbocycles. The van der Waals surface area contributed by atoms with Gasteiger partial charge >= 0.3 is 0 Å². The van der Waals surface area contributed by atoms with Crippen LogP contribution in [-0.4, -0.2) is 33.9 Å². The van der Waals surface area contributed by atoms with Gasteiger partial charge in [0.15, 0.2) is 0 Å². The van der Waals surface area contributed by atoms with Crippen LogP contribution >= 0.6 is 0 Å². The minimum atomic E-state index is -0.100. The normalized spacial score (nSPS) is 12.0. The first-order chi connectivity index (χ1) is 14.3. The molecule has 1 aromatic heterocycles. The third-order valence-corrected chi connectivity index (χ3v) is 5.46. The molecule has 0 aliphatic heterocycles. The molecule has 0 saturated carbocycles. The van der Waals surface area contributed by atoms with Crippen molar-refractivity contribution in [3.8, 4) is 5.75 Å².